The maximum atomic E-state index is 12.3. The van der Waals surface area contributed by atoms with E-state index in [4.69, 9.17) is 30.5 Å². The molecule has 1 aromatic carbocycles. The molecule has 0 bridgehead atoms. The van der Waals surface area contributed by atoms with Crippen LogP contribution in [-0.4, -0.2) is 46.1 Å². The van der Waals surface area contributed by atoms with Crippen LogP contribution in [-0.2, 0) is 23.8 Å². The van der Waals surface area contributed by atoms with E-state index in [0.717, 1.165) is 0 Å². The van der Waals surface area contributed by atoms with Gasteiger partial charge in [0.2, 0.25) is 0 Å². The second kappa shape index (κ2) is 8.03. The van der Waals surface area contributed by atoms with Crippen molar-refractivity contribution in [3.8, 4) is 5.75 Å². The molecular formula is C16H18ClNO6. The monoisotopic (exact) mass is 355 g/mol. The first kappa shape index (κ1) is 18.1. The molecule has 0 unspecified atom stereocenters. The first-order valence-corrected chi connectivity index (χ1v) is 7.59. The number of carbonyl (C=O) groups excluding carboxylic acids is 2. The van der Waals surface area contributed by atoms with Gasteiger partial charge in [-0.05, 0) is 19.1 Å². The predicted molar refractivity (Wildman–Crippen MR) is 87.0 cm³/mol. The molecule has 1 aliphatic heterocycles. The number of para-hydroxylation sites is 1. The molecule has 8 heteroatoms. The van der Waals surface area contributed by atoms with E-state index in [0.29, 0.717) is 23.1 Å². The summed E-state index contributed by atoms with van der Waals surface area (Å²) in [6.07, 6.45) is 0. The van der Waals surface area contributed by atoms with Crippen LogP contribution in [0, 0.1) is 0 Å². The zero-order valence-electron chi connectivity index (χ0n) is 13.6. The van der Waals surface area contributed by atoms with Crippen molar-refractivity contribution in [2.45, 2.75) is 6.92 Å². The number of halogens is 1. The Morgan fingerprint density at radius 2 is 1.96 bits per heavy atom. The number of ether oxygens (including phenoxy) is 4. The summed E-state index contributed by atoms with van der Waals surface area (Å²) in [5, 5.41) is 0.378. The first-order chi connectivity index (χ1) is 11.5. The van der Waals surface area contributed by atoms with Crippen molar-refractivity contribution >= 4 is 29.2 Å². The van der Waals surface area contributed by atoms with E-state index in [2.05, 4.69) is 0 Å². The Morgan fingerprint density at radius 1 is 1.25 bits per heavy atom. The van der Waals surface area contributed by atoms with E-state index in [1.807, 2.05) is 6.92 Å². The predicted octanol–water partition coefficient (Wildman–Crippen LogP) is 2.13. The number of esters is 2. The third kappa shape index (κ3) is 3.47. The molecule has 0 atom stereocenters. The lowest BCUT2D eigenvalue weighted by atomic mass is 10.1. The van der Waals surface area contributed by atoms with Gasteiger partial charge >= 0.3 is 11.9 Å². The molecule has 0 saturated carbocycles. The molecule has 0 saturated heterocycles. The van der Waals surface area contributed by atoms with Crippen LogP contribution in [0.3, 0.4) is 0 Å². The molecule has 1 aromatic rings. The summed E-state index contributed by atoms with van der Waals surface area (Å²) in [5.74, 6) is -0.959. The maximum Gasteiger partial charge on any atom is 0.355 e. The second-order valence-electron chi connectivity index (χ2n) is 4.74. The van der Waals surface area contributed by atoms with Crippen molar-refractivity contribution in [2.75, 3.05) is 39.1 Å². The van der Waals surface area contributed by atoms with Gasteiger partial charge in [-0.25, -0.2) is 9.59 Å². The molecule has 7 nitrogen and oxygen atoms in total. The summed E-state index contributed by atoms with van der Waals surface area (Å²) in [4.78, 5) is 25.8. The average Bonchev–Trinajstić information content (AvgIpc) is 2.61. The molecule has 0 fully saturated rings. The first-order valence-electron chi connectivity index (χ1n) is 7.21. The number of carbonyl (C=O) groups is 2. The maximum absolute atomic E-state index is 12.3. The van der Waals surface area contributed by atoms with Crippen molar-refractivity contribution in [3.63, 3.8) is 0 Å². The number of benzene rings is 1. The van der Waals surface area contributed by atoms with Crippen molar-refractivity contribution in [2.24, 2.45) is 0 Å². The molecule has 1 aliphatic rings. The smallest absolute Gasteiger partial charge is 0.355 e. The third-order valence-electron chi connectivity index (χ3n) is 3.36. The number of hydrogen-bond donors (Lipinski definition) is 0. The second-order valence-corrected chi connectivity index (χ2v) is 5.14. The standard InChI is InChI=1S/C16H18ClNO6/c1-4-24-14-11(17)6-5-7-12(14)18-9-23-8-10(15(19)21-2)13(18)16(20)22-3/h5-7H,4,8-9H2,1-3H3. The fraction of sp³-hybridized carbons (Fsp3) is 0.375. The molecule has 0 radical (unpaired) electrons. The Bertz CT molecular complexity index is 673. The van der Waals surface area contributed by atoms with Crippen LogP contribution < -0.4 is 9.64 Å². The minimum absolute atomic E-state index is 0.0331. The minimum atomic E-state index is -0.680. The van der Waals surface area contributed by atoms with Gasteiger partial charge in [-0.2, -0.15) is 0 Å². The molecule has 0 amide bonds. The topological polar surface area (TPSA) is 74.3 Å². The van der Waals surface area contributed by atoms with Gasteiger partial charge in [0.1, 0.15) is 12.4 Å². The SMILES string of the molecule is CCOc1c(Cl)cccc1N1COCC(C(=O)OC)=C1C(=O)OC. The lowest BCUT2D eigenvalue weighted by molar-refractivity contribution is -0.140. The molecule has 0 aliphatic carbocycles. The van der Waals surface area contributed by atoms with Gasteiger partial charge in [-0.1, -0.05) is 17.7 Å². The normalized spacial score (nSPS) is 14.4. The number of rotatable bonds is 5. The summed E-state index contributed by atoms with van der Waals surface area (Å²) < 4.78 is 20.6. The Balaban J connectivity index is 2.61. The van der Waals surface area contributed by atoms with E-state index in [9.17, 15) is 9.59 Å². The zero-order chi connectivity index (χ0) is 17.7. The van der Waals surface area contributed by atoms with Gasteiger partial charge in [0.25, 0.3) is 0 Å². The fourth-order valence-electron chi connectivity index (χ4n) is 2.33. The molecule has 0 N–H and O–H groups in total. The Morgan fingerprint density at radius 3 is 2.58 bits per heavy atom. The highest BCUT2D eigenvalue weighted by molar-refractivity contribution is 6.32. The van der Waals surface area contributed by atoms with Crippen molar-refractivity contribution in [1.29, 1.82) is 0 Å². The van der Waals surface area contributed by atoms with Crippen LogP contribution in [0.15, 0.2) is 29.5 Å². The summed E-state index contributed by atoms with van der Waals surface area (Å²) in [5.41, 5.74) is 0.600. The summed E-state index contributed by atoms with van der Waals surface area (Å²) >= 11 is 6.20. The summed E-state index contributed by atoms with van der Waals surface area (Å²) in [6.45, 7) is 2.17. The summed E-state index contributed by atoms with van der Waals surface area (Å²) in [6, 6.07) is 5.09. The molecule has 0 spiro atoms. The van der Waals surface area contributed by atoms with Crippen LogP contribution in [0.4, 0.5) is 5.69 Å². The largest absolute Gasteiger partial charge is 0.490 e. The third-order valence-corrected chi connectivity index (χ3v) is 3.66. The lowest BCUT2D eigenvalue weighted by Gasteiger charge is -2.32. The van der Waals surface area contributed by atoms with Crippen LogP contribution in [0.5, 0.6) is 5.75 Å². The zero-order valence-corrected chi connectivity index (χ0v) is 14.4. The van der Waals surface area contributed by atoms with Crippen molar-refractivity contribution in [3.05, 3.63) is 34.5 Å². The highest BCUT2D eigenvalue weighted by atomic mass is 35.5. The Kier molecular flexibility index (Phi) is 6.05. The van der Waals surface area contributed by atoms with Crippen LogP contribution >= 0.6 is 11.6 Å². The van der Waals surface area contributed by atoms with Gasteiger partial charge in [-0.15, -0.1) is 0 Å². The summed E-state index contributed by atoms with van der Waals surface area (Å²) in [7, 11) is 2.47. The van der Waals surface area contributed by atoms with Crippen LogP contribution in [0.25, 0.3) is 0 Å². The number of anilines is 1. The van der Waals surface area contributed by atoms with E-state index < -0.39 is 11.9 Å². The van der Waals surface area contributed by atoms with Gasteiger partial charge < -0.3 is 23.8 Å². The molecule has 0 aromatic heterocycles. The van der Waals surface area contributed by atoms with Gasteiger partial charge in [0, 0.05) is 0 Å². The van der Waals surface area contributed by atoms with Gasteiger partial charge in [-0.3, -0.25) is 0 Å². The minimum Gasteiger partial charge on any atom is -0.490 e. The van der Waals surface area contributed by atoms with Crippen LogP contribution in [0.2, 0.25) is 5.02 Å². The highest BCUT2D eigenvalue weighted by Gasteiger charge is 2.34. The average molecular weight is 356 g/mol. The van der Waals surface area contributed by atoms with Gasteiger partial charge in [0.15, 0.2) is 5.75 Å². The molecular weight excluding hydrogens is 338 g/mol. The highest BCUT2D eigenvalue weighted by Crippen LogP contribution is 2.39. The van der Waals surface area contributed by atoms with E-state index in [-0.39, 0.29) is 24.6 Å². The van der Waals surface area contributed by atoms with Crippen molar-refractivity contribution < 1.29 is 28.5 Å². The van der Waals surface area contributed by atoms with Crippen molar-refractivity contribution in [1.82, 2.24) is 0 Å². The Labute approximate surface area is 144 Å². The molecule has 24 heavy (non-hydrogen) atoms. The lowest BCUT2D eigenvalue weighted by Crippen LogP contribution is -2.39. The van der Waals surface area contributed by atoms with Gasteiger partial charge in [0.05, 0.1) is 43.7 Å². The quantitative estimate of drug-likeness (QED) is 0.749. The van der Waals surface area contributed by atoms with E-state index in [1.165, 1.54) is 19.1 Å². The molecule has 1 heterocycles. The molecule has 2 rings (SSSR count). The van der Waals surface area contributed by atoms with E-state index >= 15 is 0 Å². The molecule has 130 valence electrons. The fourth-order valence-corrected chi connectivity index (χ4v) is 2.56. The number of hydrogen-bond acceptors (Lipinski definition) is 7. The van der Waals surface area contributed by atoms with Crippen LogP contribution in [0.1, 0.15) is 6.92 Å². The number of nitrogens with zero attached hydrogens (tertiary/aromatic N) is 1. The van der Waals surface area contributed by atoms with E-state index in [1.54, 1.807) is 18.2 Å². The number of methoxy groups -OCH3 is 2. The Hall–Kier alpha value is -2.25.